The maximum atomic E-state index is 12.6. The van der Waals surface area contributed by atoms with Crippen LogP contribution in [0, 0.1) is 0 Å². The Morgan fingerprint density at radius 2 is 1.67 bits per heavy atom. The number of benzene rings is 2. The number of ether oxygens (including phenoxy) is 2. The van der Waals surface area contributed by atoms with Crippen LogP contribution in [0.15, 0.2) is 48.5 Å². The molecule has 0 aliphatic rings. The van der Waals surface area contributed by atoms with E-state index in [1.165, 1.54) is 14.2 Å². The number of methoxy groups -OCH3 is 2. The highest BCUT2D eigenvalue weighted by Crippen LogP contribution is 2.57. The van der Waals surface area contributed by atoms with Crippen molar-refractivity contribution in [3.8, 4) is 11.5 Å². The molecule has 0 aliphatic heterocycles. The summed E-state index contributed by atoms with van der Waals surface area (Å²) < 4.78 is 23.0. The lowest BCUT2D eigenvalue weighted by molar-refractivity contribution is 0.354. The van der Waals surface area contributed by atoms with Crippen molar-refractivity contribution in [2.75, 3.05) is 14.2 Å². The summed E-state index contributed by atoms with van der Waals surface area (Å²) in [6.07, 6.45) is 0. The van der Waals surface area contributed by atoms with Crippen LogP contribution in [-0.2, 0) is 4.57 Å². The summed E-state index contributed by atoms with van der Waals surface area (Å²) >= 11 is 6.25. The van der Waals surface area contributed by atoms with Gasteiger partial charge in [-0.1, -0.05) is 24.3 Å². The number of alkyl halides is 1. The second-order valence-electron chi connectivity index (χ2n) is 4.41. The Kier molecular flexibility index (Phi) is 4.94. The summed E-state index contributed by atoms with van der Waals surface area (Å²) in [5.41, 5.74) is 0.504. The third-order valence-corrected chi connectivity index (χ3v) is 6.11. The number of rotatable bonds is 5. The molecule has 4 nitrogen and oxygen atoms in total. The molecular weight excluding hydrogens is 311 g/mol. The van der Waals surface area contributed by atoms with Crippen molar-refractivity contribution in [2.45, 2.75) is 5.12 Å². The molecule has 2 unspecified atom stereocenters. The van der Waals surface area contributed by atoms with Gasteiger partial charge in [0.25, 0.3) is 7.37 Å². The van der Waals surface area contributed by atoms with Crippen LogP contribution in [0.3, 0.4) is 0 Å². The predicted octanol–water partition coefficient (Wildman–Crippen LogP) is 3.54. The van der Waals surface area contributed by atoms with Gasteiger partial charge in [-0.05, 0) is 29.8 Å². The quantitative estimate of drug-likeness (QED) is 0.674. The van der Waals surface area contributed by atoms with Crippen molar-refractivity contribution in [2.24, 2.45) is 0 Å². The molecule has 2 atom stereocenters. The molecule has 6 heteroatoms. The highest BCUT2D eigenvalue weighted by molar-refractivity contribution is 7.67. The zero-order valence-corrected chi connectivity index (χ0v) is 13.3. The molecule has 0 amide bonds. The number of hydrogen-bond acceptors (Lipinski definition) is 3. The van der Waals surface area contributed by atoms with Gasteiger partial charge in [0.05, 0.1) is 14.2 Å². The van der Waals surface area contributed by atoms with E-state index in [9.17, 15) is 9.46 Å². The van der Waals surface area contributed by atoms with Crippen molar-refractivity contribution in [3.63, 3.8) is 0 Å². The molecule has 0 saturated carbocycles. The molecule has 0 saturated heterocycles. The molecule has 2 aromatic carbocycles. The monoisotopic (exact) mass is 326 g/mol. The Hall–Kier alpha value is -1.48. The van der Waals surface area contributed by atoms with Crippen LogP contribution in [0.1, 0.15) is 10.7 Å². The minimum absolute atomic E-state index is 0.319. The van der Waals surface area contributed by atoms with Gasteiger partial charge in [-0.3, -0.25) is 4.57 Å². The fourth-order valence-electron chi connectivity index (χ4n) is 1.98. The highest BCUT2D eigenvalue weighted by Gasteiger charge is 2.33. The lowest BCUT2D eigenvalue weighted by atomic mass is 10.2. The molecular formula is C15H16ClO4P. The van der Waals surface area contributed by atoms with Crippen LogP contribution in [0.2, 0.25) is 0 Å². The second-order valence-corrected chi connectivity index (χ2v) is 7.43. The van der Waals surface area contributed by atoms with Crippen molar-refractivity contribution in [1.29, 1.82) is 0 Å². The highest BCUT2D eigenvalue weighted by atomic mass is 35.5. The van der Waals surface area contributed by atoms with Crippen LogP contribution < -0.4 is 14.8 Å². The minimum atomic E-state index is -3.74. The molecule has 1 N–H and O–H groups in total. The molecule has 0 fully saturated rings. The molecule has 112 valence electrons. The van der Waals surface area contributed by atoms with E-state index >= 15 is 0 Å². The summed E-state index contributed by atoms with van der Waals surface area (Å²) in [6.45, 7) is 0. The first-order chi connectivity index (χ1) is 10.0. The summed E-state index contributed by atoms with van der Waals surface area (Å²) in [5, 5.41) is -0.737. The van der Waals surface area contributed by atoms with E-state index in [1.54, 1.807) is 48.5 Å². The average molecular weight is 327 g/mol. The van der Waals surface area contributed by atoms with Crippen LogP contribution in [0.25, 0.3) is 0 Å². The Labute approximate surface area is 128 Å². The number of hydrogen-bond donors (Lipinski definition) is 1. The predicted molar refractivity (Wildman–Crippen MR) is 84.0 cm³/mol. The molecule has 0 spiro atoms. The van der Waals surface area contributed by atoms with Crippen LogP contribution in [0.4, 0.5) is 0 Å². The first-order valence-electron chi connectivity index (χ1n) is 6.24. The van der Waals surface area contributed by atoms with E-state index < -0.39 is 12.5 Å². The van der Waals surface area contributed by atoms with E-state index in [4.69, 9.17) is 21.1 Å². The normalized spacial score (nSPS) is 15.0. The van der Waals surface area contributed by atoms with Crippen molar-refractivity contribution < 1.29 is 18.9 Å². The first-order valence-corrected chi connectivity index (χ1v) is 8.41. The summed E-state index contributed by atoms with van der Waals surface area (Å²) in [6, 6.07) is 13.3. The second kappa shape index (κ2) is 6.52. The maximum Gasteiger partial charge on any atom is 0.251 e. The Morgan fingerprint density at radius 3 is 2.24 bits per heavy atom. The molecule has 0 radical (unpaired) electrons. The Balaban J connectivity index is 2.40. The van der Waals surface area contributed by atoms with E-state index in [0.29, 0.717) is 22.4 Å². The van der Waals surface area contributed by atoms with Crippen LogP contribution >= 0.6 is 19.0 Å². The van der Waals surface area contributed by atoms with E-state index in [1.807, 2.05) is 0 Å². The summed E-state index contributed by atoms with van der Waals surface area (Å²) in [7, 11) is -0.718. The van der Waals surface area contributed by atoms with Gasteiger partial charge in [0.1, 0.15) is 5.12 Å². The van der Waals surface area contributed by atoms with Gasteiger partial charge in [0.2, 0.25) is 0 Å². The van der Waals surface area contributed by atoms with Gasteiger partial charge >= 0.3 is 0 Å². The van der Waals surface area contributed by atoms with E-state index in [2.05, 4.69) is 0 Å². The maximum absolute atomic E-state index is 12.6. The van der Waals surface area contributed by atoms with Crippen molar-refractivity contribution in [1.82, 2.24) is 0 Å². The smallest absolute Gasteiger partial charge is 0.251 e. The van der Waals surface area contributed by atoms with Gasteiger partial charge in [-0.15, -0.1) is 11.6 Å². The largest absolute Gasteiger partial charge is 0.493 e. The standard InChI is InChI=1S/C15H16ClO4P/c1-19-13-9-8-11(10-14(13)20-2)15(16)21(17,18)12-6-4-3-5-7-12/h3-10,15H,1-2H3,(H,17,18). The Morgan fingerprint density at radius 1 is 1.05 bits per heavy atom. The summed E-state index contributed by atoms with van der Waals surface area (Å²) in [5.74, 6) is 1.01. The van der Waals surface area contributed by atoms with E-state index in [-0.39, 0.29) is 0 Å². The van der Waals surface area contributed by atoms with Gasteiger partial charge in [-0.2, -0.15) is 0 Å². The van der Waals surface area contributed by atoms with Gasteiger partial charge in [0.15, 0.2) is 11.5 Å². The van der Waals surface area contributed by atoms with Crippen LogP contribution in [-0.4, -0.2) is 19.1 Å². The molecule has 0 bridgehead atoms. The fourth-order valence-corrected chi connectivity index (χ4v) is 3.88. The number of halogens is 1. The van der Waals surface area contributed by atoms with Crippen LogP contribution in [0.5, 0.6) is 11.5 Å². The molecule has 2 aromatic rings. The molecule has 0 aliphatic carbocycles. The molecule has 2 rings (SSSR count). The van der Waals surface area contributed by atoms with Gasteiger partial charge < -0.3 is 14.4 Å². The summed E-state index contributed by atoms with van der Waals surface area (Å²) in [4.78, 5) is 10.3. The van der Waals surface area contributed by atoms with E-state index in [0.717, 1.165) is 0 Å². The van der Waals surface area contributed by atoms with Gasteiger partial charge in [-0.25, -0.2) is 0 Å². The zero-order valence-electron chi connectivity index (χ0n) is 11.7. The third-order valence-electron chi connectivity index (χ3n) is 3.12. The molecule has 0 aromatic heterocycles. The average Bonchev–Trinajstić information content (AvgIpc) is 2.54. The lowest BCUT2D eigenvalue weighted by Gasteiger charge is -2.19. The van der Waals surface area contributed by atoms with Gasteiger partial charge in [0, 0.05) is 5.30 Å². The Bertz CT molecular complexity index is 660. The third kappa shape index (κ3) is 3.24. The SMILES string of the molecule is COc1ccc(C(Cl)P(=O)(O)c2ccccc2)cc1OC. The molecule has 21 heavy (non-hydrogen) atoms. The lowest BCUT2D eigenvalue weighted by Crippen LogP contribution is -2.08. The molecule has 0 heterocycles. The zero-order chi connectivity index (χ0) is 15.5. The van der Waals surface area contributed by atoms with Crippen molar-refractivity contribution >= 4 is 24.3 Å². The minimum Gasteiger partial charge on any atom is -0.493 e. The fraction of sp³-hybridized carbons (Fsp3) is 0.200. The topological polar surface area (TPSA) is 55.8 Å². The first kappa shape index (κ1) is 15.9. The van der Waals surface area contributed by atoms with Crippen molar-refractivity contribution in [3.05, 3.63) is 54.1 Å².